The Morgan fingerprint density at radius 3 is 2.50 bits per heavy atom. The molecule has 0 unspecified atom stereocenters. The van der Waals surface area contributed by atoms with Gasteiger partial charge in [-0.25, -0.2) is 4.79 Å². The van der Waals surface area contributed by atoms with Crippen molar-refractivity contribution in [3.8, 4) is 16.5 Å². The normalized spacial score (nSPS) is 12.7. The fourth-order valence-corrected chi connectivity index (χ4v) is 4.25. The second-order valence-electron chi connectivity index (χ2n) is 7.34. The first-order valence-corrected chi connectivity index (χ1v) is 11.1. The Bertz CT molecular complexity index is 1360. The summed E-state index contributed by atoms with van der Waals surface area (Å²) >= 11 is 1.47. The summed E-state index contributed by atoms with van der Waals surface area (Å²) in [5, 5.41) is 5.78. The number of amides is 2. The van der Waals surface area contributed by atoms with E-state index in [0.717, 1.165) is 9.78 Å². The predicted molar refractivity (Wildman–Crippen MR) is 120 cm³/mol. The quantitative estimate of drug-likeness (QED) is 0.292. The Labute approximate surface area is 197 Å². The third-order valence-corrected chi connectivity index (χ3v) is 6.10. The van der Waals surface area contributed by atoms with Gasteiger partial charge in [0.15, 0.2) is 6.61 Å². The number of rotatable bonds is 7. The van der Waals surface area contributed by atoms with Crippen molar-refractivity contribution in [2.45, 2.75) is 13.2 Å². The third-order valence-electron chi connectivity index (χ3n) is 5.24. The maximum Gasteiger partial charge on any atom is 0.342 e. The molecular weight excluding hydrogens is 458 g/mol. The number of thiophene rings is 1. The molecule has 9 nitrogen and oxygen atoms in total. The second kappa shape index (κ2) is 8.91. The van der Waals surface area contributed by atoms with Gasteiger partial charge in [-0.2, -0.15) is 4.98 Å². The van der Waals surface area contributed by atoms with Crippen molar-refractivity contribution in [3.05, 3.63) is 88.1 Å². The number of esters is 1. The van der Waals surface area contributed by atoms with E-state index >= 15 is 0 Å². The van der Waals surface area contributed by atoms with Crippen LogP contribution in [-0.4, -0.2) is 39.9 Å². The minimum absolute atomic E-state index is 0.00442. The minimum Gasteiger partial charge on any atom is -0.496 e. The summed E-state index contributed by atoms with van der Waals surface area (Å²) in [4.78, 5) is 44.3. The lowest BCUT2D eigenvalue weighted by molar-refractivity contribution is 0.0426. The van der Waals surface area contributed by atoms with Crippen LogP contribution in [0.25, 0.3) is 10.7 Å². The Morgan fingerprint density at radius 2 is 1.82 bits per heavy atom. The number of methoxy groups -OCH3 is 1. The molecule has 0 aliphatic carbocycles. The van der Waals surface area contributed by atoms with Crippen LogP contribution in [0.4, 0.5) is 0 Å². The SMILES string of the molecule is COc1ccc(CN2C(=O)c3ccccc3C2=O)cc1C(=O)OCc1nc(-c2cccs2)no1. The van der Waals surface area contributed by atoms with Crippen LogP contribution >= 0.6 is 11.3 Å². The molecule has 2 amide bonds. The fourth-order valence-electron chi connectivity index (χ4n) is 3.60. The lowest BCUT2D eigenvalue weighted by Crippen LogP contribution is -2.29. The summed E-state index contributed by atoms with van der Waals surface area (Å²) in [6, 6.07) is 15.2. The number of ether oxygens (including phenoxy) is 2. The molecule has 170 valence electrons. The molecule has 0 saturated heterocycles. The van der Waals surface area contributed by atoms with E-state index in [0.29, 0.717) is 28.3 Å². The molecular formula is C24H17N3O6S. The van der Waals surface area contributed by atoms with Gasteiger partial charge in [0, 0.05) is 0 Å². The van der Waals surface area contributed by atoms with Gasteiger partial charge < -0.3 is 14.0 Å². The van der Waals surface area contributed by atoms with Gasteiger partial charge in [-0.3, -0.25) is 14.5 Å². The second-order valence-corrected chi connectivity index (χ2v) is 8.29. The Morgan fingerprint density at radius 1 is 1.06 bits per heavy atom. The molecule has 3 heterocycles. The van der Waals surface area contributed by atoms with Crippen LogP contribution in [0.1, 0.15) is 42.5 Å². The van der Waals surface area contributed by atoms with E-state index in [2.05, 4.69) is 10.1 Å². The van der Waals surface area contributed by atoms with Gasteiger partial charge in [0.05, 0.1) is 29.7 Å². The van der Waals surface area contributed by atoms with E-state index in [1.807, 2.05) is 17.5 Å². The summed E-state index contributed by atoms with van der Waals surface area (Å²) in [5.41, 5.74) is 1.44. The average Bonchev–Trinajstić information content (AvgIpc) is 3.61. The number of nitrogens with zero attached hydrogens (tertiary/aromatic N) is 3. The van der Waals surface area contributed by atoms with E-state index < -0.39 is 5.97 Å². The number of carbonyl (C=O) groups is 3. The molecule has 2 aromatic carbocycles. The maximum atomic E-state index is 12.8. The summed E-state index contributed by atoms with van der Waals surface area (Å²) in [7, 11) is 1.43. The van der Waals surface area contributed by atoms with Gasteiger partial charge in [0.1, 0.15) is 11.3 Å². The monoisotopic (exact) mass is 475 g/mol. The van der Waals surface area contributed by atoms with Crippen LogP contribution in [0.3, 0.4) is 0 Å². The number of aromatic nitrogens is 2. The molecule has 0 atom stereocenters. The zero-order valence-electron chi connectivity index (χ0n) is 17.9. The molecule has 1 aliphatic heterocycles. The Hall–Kier alpha value is -4.31. The van der Waals surface area contributed by atoms with Gasteiger partial charge in [-0.15, -0.1) is 11.3 Å². The highest BCUT2D eigenvalue weighted by molar-refractivity contribution is 7.13. The fraction of sp³-hybridized carbons (Fsp3) is 0.125. The van der Waals surface area contributed by atoms with Gasteiger partial charge >= 0.3 is 5.97 Å². The number of hydrogen-bond acceptors (Lipinski definition) is 9. The number of imide groups is 1. The van der Waals surface area contributed by atoms with Crippen LogP contribution in [-0.2, 0) is 17.9 Å². The molecule has 0 fully saturated rings. The van der Waals surface area contributed by atoms with Gasteiger partial charge in [0.25, 0.3) is 17.7 Å². The van der Waals surface area contributed by atoms with E-state index in [1.165, 1.54) is 24.5 Å². The van der Waals surface area contributed by atoms with E-state index in [1.54, 1.807) is 36.4 Å². The average molecular weight is 475 g/mol. The van der Waals surface area contributed by atoms with Crippen molar-refractivity contribution in [2.24, 2.45) is 0 Å². The molecule has 2 aromatic heterocycles. The molecule has 1 aliphatic rings. The molecule has 4 aromatic rings. The van der Waals surface area contributed by atoms with Gasteiger partial charge in [-0.1, -0.05) is 29.4 Å². The van der Waals surface area contributed by atoms with E-state index in [-0.39, 0.29) is 36.4 Å². The van der Waals surface area contributed by atoms with Crippen molar-refractivity contribution in [1.82, 2.24) is 15.0 Å². The van der Waals surface area contributed by atoms with Crippen LogP contribution < -0.4 is 4.74 Å². The number of benzene rings is 2. The third kappa shape index (κ3) is 3.95. The molecule has 0 spiro atoms. The smallest absolute Gasteiger partial charge is 0.342 e. The molecule has 0 N–H and O–H groups in total. The largest absolute Gasteiger partial charge is 0.496 e. The number of fused-ring (bicyclic) bond motifs is 1. The molecule has 5 rings (SSSR count). The molecule has 0 saturated carbocycles. The van der Waals surface area contributed by atoms with Crippen LogP contribution in [0.2, 0.25) is 0 Å². The summed E-state index contributed by atoms with van der Waals surface area (Å²) in [5.74, 6) is -0.561. The van der Waals surface area contributed by atoms with Crippen LogP contribution in [0.15, 0.2) is 64.5 Å². The minimum atomic E-state index is -0.670. The molecule has 0 bridgehead atoms. The topological polar surface area (TPSA) is 112 Å². The molecule has 10 heteroatoms. The molecule has 34 heavy (non-hydrogen) atoms. The Kier molecular flexibility index (Phi) is 5.64. The lowest BCUT2D eigenvalue weighted by atomic mass is 10.1. The van der Waals surface area contributed by atoms with Crippen molar-refractivity contribution in [3.63, 3.8) is 0 Å². The predicted octanol–water partition coefficient (Wildman–Crippen LogP) is 3.96. The van der Waals surface area contributed by atoms with E-state index in [4.69, 9.17) is 14.0 Å². The maximum absolute atomic E-state index is 12.8. The summed E-state index contributed by atoms with van der Waals surface area (Å²) < 4.78 is 15.8. The highest BCUT2D eigenvalue weighted by Gasteiger charge is 2.35. The summed E-state index contributed by atoms with van der Waals surface area (Å²) in [6.07, 6.45) is 0. The standard InChI is InChI=1S/C24H17N3O6S/c1-31-18-9-8-14(12-27-22(28)15-5-2-3-6-16(15)23(27)29)11-17(18)24(30)32-13-20-25-21(26-33-20)19-7-4-10-34-19/h2-11H,12-13H2,1H3. The number of carbonyl (C=O) groups excluding carboxylic acids is 3. The lowest BCUT2D eigenvalue weighted by Gasteiger charge is -2.15. The van der Waals surface area contributed by atoms with Crippen molar-refractivity contribution in [2.75, 3.05) is 7.11 Å². The first kappa shape index (κ1) is 21.5. The first-order chi connectivity index (χ1) is 16.5. The highest BCUT2D eigenvalue weighted by Crippen LogP contribution is 2.27. The van der Waals surface area contributed by atoms with Crippen molar-refractivity contribution >= 4 is 29.1 Å². The highest BCUT2D eigenvalue weighted by atomic mass is 32.1. The number of hydrogen-bond donors (Lipinski definition) is 0. The zero-order chi connectivity index (χ0) is 23.7. The Balaban J connectivity index is 1.31. The van der Waals surface area contributed by atoms with Crippen molar-refractivity contribution in [1.29, 1.82) is 0 Å². The van der Waals surface area contributed by atoms with E-state index in [9.17, 15) is 14.4 Å². The van der Waals surface area contributed by atoms with Crippen LogP contribution in [0, 0.1) is 0 Å². The van der Waals surface area contributed by atoms with Crippen molar-refractivity contribution < 1.29 is 28.4 Å². The van der Waals surface area contributed by atoms with Crippen LogP contribution in [0.5, 0.6) is 5.75 Å². The summed E-state index contributed by atoms with van der Waals surface area (Å²) in [6.45, 7) is -0.215. The van der Waals surface area contributed by atoms with Gasteiger partial charge in [-0.05, 0) is 41.3 Å². The van der Waals surface area contributed by atoms with Gasteiger partial charge in [0.2, 0.25) is 5.82 Å². The molecule has 0 radical (unpaired) electrons. The zero-order valence-corrected chi connectivity index (χ0v) is 18.7. The first-order valence-electron chi connectivity index (χ1n) is 10.2.